The van der Waals surface area contributed by atoms with Gasteiger partial charge in [-0.15, -0.1) is 0 Å². The number of hydrogen-bond donors (Lipinski definition) is 2. The smallest absolute Gasteiger partial charge is 0.266 e. The quantitative estimate of drug-likeness (QED) is 0.841. The molecule has 0 aliphatic rings. The third-order valence-corrected chi connectivity index (χ3v) is 5.12. The summed E-state index contributed by atoms with van der Waals surface area (Å²) in [5, 5.41) is -0.173. The number of H-pyrrole nitrogens is 1. The van der Waals surface area contributed by atoms with Crippen molar-refractivity contribution in [3.8, 4) is 0 Å². The largest absolute Gasteiger partial charge is 0.326 e. The van der Waals surface area contributed by atoms with Crippen molar-refractivity contribution in [2.75, 3.05) is 0 Å². The Morgan fingerprint density at radius 2 is 2.05 bits per heavy atom. The molecule has 0 aliphatic heterocycles. The van der Waals surface area contributed by atoms with Crippen LogP contribution in [0.15, 0.2) is 50.7 Å². The molecule has 1 atom stereocenters. The Balaban J connectivity index is 2.28. The zero-order valence-electron chi connectivity index (χ0n) is 10.9. The van der Waals surface area contributed by atoms with Gasteiger partial charge in [-0.25, -0.2) is 13.1 Å². The Labute approximate surface area is 135 Å². The molecule has 0 bridgehead atoms. The van der Waals surface area contributed by atoms with Gasteiger partial charge in [-0.3, -0.25) is 4.79 Å². The molecule has 8 heteroatoms. The summed E-state index contributed by atoms with van der Waals surface area (Å²) in [6.45, 7) is 1.73. The Morgan fingerprint density at radius 3 is 2.67 bits per heavy atom. The van der Waals surface area contributed by atoms with Crippen molar-refractivity contribution in [3.05, 3.63) is 61.9 Å². The van der Waals surface area contributed by atoms with E-state index in [1.54, 1.807) is 6.92 Å². The van der Waals surface area contributed by atoms with Crippen LogP contribution < -0.4 is 10.3 Å². The van der Waals surface area contributed by atoms with E-state index in [0.717, 1.165) is 22.3 Å². The van der Waals surface area contributed by atoms with Crippen molar-refractivity contribution in [1.29, 1.82) is 0 Å². The van der Waals surface area contributed by atoms with E-state index in [1.807, 2.05) is 24.3 Å². The predicted molar refractivity (Wildman–Crippen MR) is 85.0 cm³/mol. The van der Waals surface area contributed by atoms with Crippen LogP contribution in [0.3, 0.4) is 0 Å². The molecule has 0 radical (unpaired) electrons. The van der Waals surface area contributed by atoms with Gasteiger partial charge in [0.1, 0.15) is 5.02 Å². The molecular weight excluding hydrogens is 380 g/mol. The van der Waals surface area contributed by atoms with Gasteiger partial charge in [0.2, 0.25) is 10.0 Å². The van der Waals surface area contributed by atoms with Gasteiger partial charge >= 0.3 is 0 Å². The third-order valence-electron chi connectivity index (χ3n) is 2.82. The van der Waals surface area contributed by atoms with Crippen LogP contribution in [0.1, 0.15) is 18.5 Å². The maximum Gasteiger partial charge on any atom is 0.266 e. The van der Waals surface area contributed by atoms with Gasteiger partial charge < -0.3 is 4.98 Å². The van der Waals surface area contributed by atoms with Crippen molar-refractivity contribution < 1.29 is 8.42 Å². The first-order chi connectivity index (χ1) is 9.79. The van der Waals surface area contributed by atoms with E-state index < -0.39 is 21.6 Å². The molecule has 1 aromatic heterocycles. The summed E-state index contributed by atoms with van der Waals surface area (Å²) in [6.07, 6.45) is 1.12. The number of sulfonamides is 1. The van der Waals surface area contributed by atoms with Crippen LogP contribution >= 0.6 is 27.5 Å². The topological polar surface area (TPSA) is 79.0 Å². The average Bonchev–Trinajstić information content (AvgIpc) is 2.41. The first kappa shape index (κ1) is 16.2. The molecule has 1 heterocycles. The molecule has 2 N–H and O–H groups in total. The second kappa shape index (κ2) is 6.31. The molecule has 112 valence electrons. The fourth-order valence-electron chi connectivity index (χ4n) is 1.74. The van der Waals surface area contributed by atoms with Crippen LogP contribution in [-0.4, -0.2) is 13.4 Å². The number of pyridine rings is 1. The van der Waals surface area contributed by atoms with Gasteiger partial charge in [0.05, 0.1) is 4.90 Å². The average molecular weight is 392 g/mol. The lowest BCUT2D eigenvalue weighted by Gasteiger charge is -2.15. The number of nitrogens with one attached hydrogen (secondary N) is 2. The first-order valence-corrected chi connectivity index (χ1v) is 8.61. The lowest BCUT2D eigenvalue weighted by atomic mass is 10.1. The van der Waals surface area contributed by atoms with E-state index in [9.17, 15) is 13.2 Å². The SMILES string of the molecule is CC(NS(=O)(=O)c1c[nH]c(=O)c(Cl)c1)c1cccc(Br)c1. The van der Waals surface area contributed by atoms with E-state index in [1.165, 1.54) is 0 Å². The van der Waals surface area contributed by atoms with Crippen LogP contribution in [0.2, 0.25) is 5.02 Å². The number of benzene rings is 1. The highest BCUT2D eigenvalue weighted by atomic mass is 79.9. The molecule has 0 amide bonds. The van der Waals surface area contributed by atoms with Gasteiger partial charge in [-0.2, -0.15) is 0 Å². The molecule has 0 saturated heterocycles. The molecule has 1 aromatic carbocycles. The highest BCUT2D eigenvalue weighted by Gasteiger charge is 2.19. The summed E-state index contributed by atoms with van der Waals surface area (Å²) >= 11 is 8.99. The van der Waals surface area contributed by atoms with Gasteiger partial charge in [-0.05, 0) is 30.7 Å². The molecule has 0 saturated carbocycles. The number of hydrogen-bond acceptors (Lipinski definition) is 3. The Morgan fingerprint density at radius 1 is 1.33 bits per heavy atom. The van der Waals surface area contributed by atoms with E-state index in [2.05, 4.69) is 25.6 Å². The summed E-state index contributed by atoms with van der Waals surface area (Å²) in [5.74, 6) is 0. The number of rotatable bonds is 4. The summed E-state index contributed by atoms with van der Waals surface area (Å²) in [6, 6.07) is 8.01. The van der Waals surface area contributed by atoms with Crippen molar-refractivity contribution >= 4 is 37.6 Å². The maximum atomic E-state index is 12.3. The summed E-state index contributed by atoms with van der Waals surface area (Å²) < 4.78 is 27.9. The van der Waals surface area contributed by atoms with E-state index in [-0.39, 0.29) is 9.92 Å². The fourth-order valence-corrected chi connectivity index (χ4v) is 3.62. The molecule has 0 spiro atoms. The lowest BCUT2D eigenvalue weighted by molar-refractivity contribution is 0.566. The molecule has 0 fully saturated rings. The van der Waals surface area contributed by atoms with Crippen molar-refractivity contribution in [2.24, 2.45) is 0 Å². The minimum Gasteiger partial charge on any atom is -0.326 e. The van der Waals surface area contributed by atoms with Crippen LogP contribution in [-0.2, 0) is 10.0 Å². The zero-order chi connectivity index (χ0) is 15.6. The Hall–Kier alpha value is -1.15. The van der Waals surface area contributed by atoms with Crippen molar-refractivity contribution in [2.45, 2.75) is 17.9 Å². The van der Waals surface area contributed by atoms with Gasteiger partial charge in [0.25, 0.3) is 5.56 Å². The monoisotopic (exact) mass is 390 g/mol. The number of aromatic nitrogens is 1. The van der Waals surface area contributed by atoms with E-state index in [0.29, 0.717) is 0 Å². The molecule has 1 unspecified atom stereocenters. The predicted octanol–water partition coefficient (Wildman–Crippen LogP) is 2.83. The first-order valence-electron chi connectivity index (χ1n) is 5.95. The zero-order valence-corrected chi connectivity index (χ0v) is 14.1. The Kier molecular flexibility index (Phi) is 4.88. The highest BCUT2D eigenvalue weighted by Crippen LogP contribution is 2.20. The summed E-state index contributed by atoms with van der Waals surface area (Å²) in [4.78, 5) is 13.4. The van der Waals surface area contributed by atoms with E-state index in [4.69, 9.17) is 11.6 Å². The van der Waals surface area contributed by atoms with E-state index >= 15 is 0 Å². The standard InChI is InChI=1S/C13H12BrClN2O3S/c1-8(9-3-2-4-10(14)5-9)17-21(19,20)11-6-12(15)13(18)16-7-11/h2-8,17H,1H3,(H,16,18). The van der Waals surface area contributed by atoms with Crippen LogP contribution in [0.25, 0.3) is 0 Å². The Bertz CT molecular complexity index is 820. The third kappa shape index (κ3) is 3.94. The fraction of sp³-hybridized carbons (Fsp3) is 0.154. The second-order valence-corrected chi connectivity index (χ2v) is 7.45. The normalized spacial score (nSPS) is 13.1. The van der Waals surface area contributed by atoms with Crippen molar-refractivity contribution in [3.63, 3.8) is 0 Å². The van der Waals surface area contributed by atoms with Crippen LogP contribution in [0.5, 0.6) is 0 Å². The van der Waals surface area contributed by atoms with Crippen LogP contribution in [0.4, 0.5) is 0 Å². The lowest BCUT2D eigenvalue weighted by Crippen LogP contribution is -2.27. The maximum absolute atomic E-state index is 12.3. The van der Waals surface area contributed by atoms with Gasteiger partial charge in [0, 0.05) is 16.7 Å². The molecule has 2 rings (SSSR count). The minimum atomic E-state index is -3.78. The number of aromatic amines is 1. The number of halogens is 2. The molecule has 21 heavy (non-hydrogen) atoms. The molecular formula is C13H12BrClN2O3S. The van der Waals surface area contributed by atoms with Gasteiger partial charge in [0.15, 0.2) is 0 Å². The second-order valence-electron chi connectivity index (χ2n) is 4.41. The van der Waals surface area contributed by atoms with Gasteiger partial charge in [-0.1, -0.05) is 39.7 Å². The van der Waals surface area contributed by atoms with Crippen LogP contribution in [0, 0.1) is 0 Å². The molecule has 0 aliphatic carbocycles. The van der Waals surface area contributed by atoms with Crippen molar-refractivity contribution in [1.82, 2.24) is 9.71 Å². The summed E-state index contributed by atoms with van der Waals surface area (Å²) in [7, 11) is -3.78. The molecule has 2 aromatic rings. The highest BCUT2D eigenvalue weighted by molar-refractivity contribution is 9.10. The summed E-state index contributed by atoms with van der Waals surface area (Å²) in [5.41, 5.74) is 0.277. The molecule has 5 nitrogen and oxygen atoms in total. The minimum absolute atomic E-state index is 0.0889.